The number of benzene rings is 1. The lowest BCUT2D eigenvalue weighted by Crippen LogP contribution is -2.32. The van der Waals surface area contributed by atoms with Crippen molar-refractivity contribution in [3.8, 4) is 11.5 Å². The molecule has 1 aromatic carbocycles. The zero-order chi connectivity index (χ0) is 17.7. The number of anilines is 2. The molecule has 0 bridgehead atoms. The second-order valence-corrected chi connectivity index (χ2v) is 5.68. The van der Waals surface area contributed by atoms with Crippen LogP contribution in [0, 0.1) is 6.92 Å². The minimum atomic E-state index is -0.473. The second kappa shape index (κ2) is 7.88. The highest BCUT2D eigenvalue weighted by Gasteiger charge is 2.16. The molecule has 1 amide bonds. The van der Waals surface area contributed by atoms with Crippen LogP contribution in [0.1, 0.15) is 12.5 Å². The number of hydrogen-bond donors (Lipinski definition) is 2. The Morgan fingerprint density at radius 2 is 1.88 bits per heavy atom. The van der Waals surface area contributed by atoms with Crippen molar-refractivity contribution >= 4 is 29.0 Å². The molecule has 0 radical (unpaired) electrons. The predicted octanol–water partition coefficient (Wildman–Crippen LogP) is 3.50. The standard InChI is InChI=1S/C17H20ClN3O3/c1-10-7-14(23-3)15(24-4)8-13(10)20-11(2)17(22)21-16-6-5-12(18)9-19-16/h5-9,11,20H,1-4H3,(H,19,21,22). The zero-order valence-corrected chi connectivity index (χ0v) is 14.8. The number of carbonyl (C=O) groups is 1. The minimum absolute atomic E-state index is 0.209. The van der Waals surface area contributed by atoms with Gasteiger partial charge >= 0.3 is 0 Å². The third-order valence-electron chi connectivity index (χ3n) is 3.47. The number of hydrogen-bond acceptors (Lipinski definition) is 5. The first-order chi connectivity index (χ1) is 11.4. The van der Waals surface area contributed by atoms with Gasteiger partial charge in [0.15, 0.2) is 11.5 Å². The summed E-state index contributed by atoms with van der Waals surface area (Å²) in [5, 5.41) is 6.41. The molecular formula is C17H20ClN3O3. The van der Waals surface area contributed by atoms with Crippen molar-refractivity contribution in [3.05, 3.63) is 41.0 Å². The highest BCUT2D eigenvalue weighted by Crippen LogP contribution is 2.33. The van der Waals surface area contributed by atoms with Gasteiger partial charge in [-0.15, -0.1) is 0 Å². The van der Waals surface area contributed by atoms with Gasteiger partial charge < -0.3 is 20.1 Å². The smallest absolute Gasteiger partial charge is 0.247 e. The summed E-state index contributed by atoms with van der Waals surface area (Å²) >= 11 is 5.78. The first-order valence-corrected chi connectivity index (χ1v) is 7.74. The van der Waals surface area contributed by atoms with Crippen molar-refractivity contribution in [1.82, 2.24) is 4.98 Å². The van der Waals surface area contributed by atoms with Gasteiger partial charge in [-0.2, -0.15) is 0 Å². The van der Waals surface area contributed by atoms with Gasteiger partial charge in [-0.3, -0.25) is 4.79 Å². The molecule has 0 aliphatic heterocycles. The van der Waals surface area contributed by atoms with E-state index in [1.165, 1.54) is 6.20 Å². The quantitative estimate of drug-likeness (QED) is 0.835. The first kappa shape index (κ1) is 17.9. The van der Waals surface area contributed by atoms with E-state index in [2.05, 4.69) is 15.6 Å². The Kier molecular flexibility index (Phi) is 5.87. The largest absolute Gasteiger partial charge is 0.493 e. The molecule has 0 fully saturated rings. The number of pyridine rings is 1. The maximum atomic E-state index is 12.3. The van der Waals surface area contributed by atoms with Crippen LogP contribution in [0.15, 0.2) is 30.5 Å². The summed E-state index contributed by atoms with van der Waals surface area (Å²) < 4.78 is 10.6. The van der Waals surface area contributed by atoms with Crippen molar-refractivity contribution in [2.75, 3.05) is 24.9 Å². The molecule has 2 rings (SSSR count). The molecule has 1 atom stereocenters. The molecule has 128 valence electrons. The van der Waals surface area contributed by atoms with Crippen LogP contribution in [-0.2, 0) is 4.79 Å². The number of nitrogens with one attached hydrogen (secondary N) is 2. The predicted molar refractivity (Wildman–Crippen MR) is 95.2 cm³/mol. The van der Waals surface area contributed by atoms with E-state index in [0.29, 0.717) is 22.3 Å². The van der Waals surface area contributed by atoms with Crippen LogP contribution in [0.3, 0.4) is 0 Å². The van der Waals surface area contributed by atoms with Gasteiger partial charge in [-0.25, -0.2) is 4.98 Å². The number of aryl methyl sites for hydroxylation is 1. The van der Waals surface area contributed by atoms with Gasteiger partial charge in [-0.05, 0) is 37.6 Å². The number of ether oxygens (including phenoxy) is 2. The molecule has 0 spiro atoms. The van der Waals surface area contributed by atoms with Crippen LogP contribution >= 0.6 is 11.6 Å². The molecule has 0 saturated carbocycles. The van der Waals surface area contributed by atoms with E-state index >= 15 is 0 Å². The molecular weight excluding hydrogens is 330 g/mol. The van der Waals surface area contributed by atoms with Crippen LogP contribution in [-0.4, -0.2) is 31.2 Å². The Morgan fingerprint density at radius 1 is 1.21 bits per heavy atom. The number of amides is 1. The van der Waals surface area contributed by atoms with Crippen molar-refractivity contribution in [2.24, 2.45) is 0 Å². The summed E-state index contributed by atoms with van der Waals surface area (Å²) in [5.41, 5.74) is 1.73. The van der Waals surface area contributed by atoms with E-state index in [0.717, 1.165) is 11.3 Å². The van der Waals surface area contributed by atoms with Crippen LogP contribution in [0.4, 0.5) is 11.5 Å². The van der Waals surface area contributed by atoms with Gasteiger partial charge in [0.1, 0.15) is 11.9 Å². The normalized spacial score (nSPS) is 11.5. The number of methoxy groups -OCH3 is 2. The molecule has 0 aliphatic carbocycles. The van der Waals surface area contributed by atoms with E-state index in [1.54, 1.807) is 39.3 Å². The lowest BCUT2D eigenvalue weighted by atomic mass is 10.1. The molecule has 0 aliphatic rings. The zero-order valence-electron chi connectivity index (χ0n) is 14.0. The number of nitrogens with zero attached hydrogens (tertiary/aromatic N) is 1. The highest BCUT2D eigenvalue weighted by atomic mass is 35.5. The molecule has 0 saturated heterocycles. The van der Waals surface area contributed by atoms with E-state index in [4.69, 9.17) is 21.1 Å². The summed E-state index contributed by atoms with van der Waals surface area (Å²) in [7, 11) is 3.15. The number of halogens is 1. The Labute approximate surface area is 146 Å². The molecule has 24 heavy (non-hydrogen) atoms. The van der Waals surface area contributed by atoms with Gasteiger partial charge in [0, 0.05) is 18.0 Å². The number of carbonyl (C=O) groups excluding carboxylic acids is 1. The van der Waals surface area contributed by atoms with E-state index in [9.17, 15) is 4.79 Å². The van der Waals surface area contributed by atoms with E-state index < -0.39 is 6.04 Å². The Bertz CT molecular complexity index is 720. The average molecular weight is 350 g/mol. The molecule has 7 heteroatoms. The summed E-state index contributed by atoms with van der Waals surface area (Å²) in [6.45, 7) is 3.69. The Balaban J connectivity index is 2.09. The van der Waals surface area contributed by atoms with E-state index in [-0.39, 0.29) is 5.91 Å². The molecule has 1 aromatic heterocycles. The van der Waals surface area contributed by atoms with Gasteiger partial charge in [0.2, 0.25) is 5.91 Å². The lowest BCUT2D eigenvalue weighted by Gasteiger charge is -2.18. The summed E-state index contributed by atoms with van der Waals surface area (Å²) in [6.07, 6.45) is 1.48. The van der Waals surface area contributed by atoms with Crippen LogP contribution in [0.25, 0.3) is 0 Å². The molecule has 6 nitrogen and oxygen atoms in total. The molecule has 1 unspecified atom stereocenters. The third kappa shape index (κ3) is 4.29. The average Bonchev–Trinajstić information content (AvgIpc) is 2.58. The fourth-order valence-corrected chi connectivity index (χ4v) is 2.23. The second-order valence-electron chi connectivity index (χ2n) is 5.24. The van der Waals surface area contributed by atoms with E-state index in [1.807, 2.05) is 13.0 Å². The third-order valence-corrected chi connectivity index (χ3v) is 3.70. The lowest BCUT2D eigenvalue weighted by molar-refractivity contribution is -0.116. The number of rotatable bonds is 6. The highest BCUT2D eigenvalue weighted by molar-refractivity contribution is 6.30. The molecule has 2 aromatic rings. The van der Waals surface area contributed by atoms with Crippen LogP contribution < -0.4 is 20.1 Å². The van der Waals surface area contributed by atoms with Gasteiger partial charge in [0.05, 0.1) is 19.2 Å². The Morgan fingerprint density at radius 3 is 2.46 bits per heavy atom. The van der Waals surface area contributed by atoms with Crippen molar-refractivity contribution in [3.63, 3.8) is 0 Å². The van der Waals surface area contributed by atoms with Crippen LogP contribution in [0.2, 0.25) is 5.02 Å². The molecule has 1 heterocycles. The summed E-state index contributed by atoms with van der Waals surface area (Å²) in [4.78, 5) is 16.3. The fourth-order valence-electron chi connectivity index (χ4n) is 2.12. The van der Waals surface area contributed by atoms with Gasteiger partial charge in [-0.1, -0.05) is 11.6 Å². The van der Waals surface area contributed by atoms with Crippen LogP contribution in [0.5, 0.6) is 11.5 Å². The van der Waals surface area contributed by atoms with Gasteiger partial charge in [0.25, 0.3) is 0 Å². The maximum absolute atomic E-state index is 12.3. The first-order valence-electron chi connectivity index (χ1n) is 7.36. The SMILES string of the molecule is COc1cc(C)c(NC(C)C(=O)Nc2ccc(Cl)cn2)cc1OC. The number of aromatic nitrogens is 1. The molecule has 2 N–H and O–H groups in total. The fraction of sp³-hybridized carbons (Fsp3) is 0.294. The Hall–Kier alpha value is -2.47. The van der Waals surface area contributed by atoms with Crippen molar-refractivity contribution in [1.29, 1.82) is 0 Å². The van der Waals surface area contributed by atoms with Crippen molar-refractivity contribution < 1.29 is 14.3 Å². The monoisotopic (exact) mass is 349 g/mol. The maximum Gasteiger partial charge on any atom is 0.247 e. The summed E-state index contributed by atoms with van der Waals surface area (Å²) in [6, 6.07) is 6.50. The minimum Gasteiger partial charge on any atom is -0.493 e. The topological polar surface area (TPSA) is 72.5 Å². The van der Waals surface area contributed by atoms with Crippen molar-refractivity contribution in [2.45, 2.75) is 19.9 Å². The summed E-state index contributed by atoms with van der Waals surface area (Å²) in [5.74, 6) is 1.47.